The van der Waals surface area contributed by atoms with E-state index in [0.717, 1.165) is 18.5 Å². The second kappa shape index (κ2) is 7.45. The number of halogens is 5. The lowest BCUT2D eigenvalue weighted by molar-refractivity contribution is -0.605. The maximum absolute atomic E-state index is 13.1. The number of amides is 1. The summed E-state index contributed by atoms with van der Waals surface area (Å²) >= 11 is 12.0. The van der Waals surface area contributed by atoms with Crippen molar-refractivity contribution in [1.29, 1.82) is 0 Å². The predicted molar refractivity (Wildman–Crippen MR) is 98.9 cm³/mol. The van der Waals surface area contributed by atoms with Crippen molar-refractivity contribution in [2.24, 2.45) is 0 Å². The minimum Gasteiger partial charge on any atom is -0.619 e. The van der Waals surface area contributed by atoms with E-state index in [1.165, 1.54) is 19.2 Å². The Kier molecular flexibility index (Phi) is 5.33. The molecule has 0 aliphatic rings. The van der Waals surface area contributed by atoms with Crippen molar-refractivity contribution >= 4 is 51.6 Å². The van der Waals surface area contributed by atoms with Crippen molar-refractivity contribution < 1.29 is 32.5 Å². The molecule has 2 aromatic heterocycles. The predicted octanol–water partition coefficient (Wildman–Crippen LogP) is 5.02. The van der Waals surface area contributed by atoms with Crippen LogP contribution in [0.3, 0.4) is 0 Å². The minimum absolute atomic E-state index is 0.00263. The molecule has 12 heteroatoms. The highest BCUT2D eigenvalue weighted by atomic mass is 35.5. The van der Waals surface area contributed by atoms with Crippen LogP contribution >= 0.6 is 23.2 Å². The normalized spacial score (nSPS) is 11.5. The molecule has 0 atom stereocenters. The number of rotatable bonds is 3. The summed E-state index contributed by atoms with van der Waals surface area (Å²) in [5.41, 5.74) is -1.71. The lowest BCUT2D eigenvalue weighted by Crippen LogP contribution is -2.29. The average molecular weight is 448 g/mol. The highest BCUT2D eigenvalue weighted by Gasteiger charge is 2.34. The van der Waals surface area contributed by atoms with Gasteiger partial charge in [0.05, 0.1) is 12.8 Å². The number of carboxylic acid groups (broad SMARTS) is 1. The second-order valence-corrected chi connectivity index (χ2v) is 6.47. The van der Waals surface area contributed by atoms with Gasteiger partial charge in [0.25, 0.3) is 0 Å². The van der Waals surface area contributed by atoms with Gasteiger partial charge in [-0.3, -0.25) is 0 Å². The van der Waals surface area contributed by atoms with E-state index in [-0.39, 0.29) is 42.8 Å². The quantitative estimate of drug-likeness (QED) is 0.449. The number of hydrogen-bond acceptors (Lipinski definition) is 4. The van der Waals surface area contributed by atoms with E-state index in [0.29, 0.717) is 11.0 Å². The monoisotopic (exact) mass is 447 g/mol. The molecule has 1 aromatic carbocycles. The molecule has 0 saturated carbocycles. The number of pyridine rings is 2. The van der Waals surface area contributed by atoms with Gasteiger partial charge in [0.1, 0.15) is 32.7 Å². The van der Waals surface area contributed by atoms with Crippen molar-refractivity contribution in [1.82, 2.24) is 4.98 Å². The van der Waals surface area contributed by atoms with Gasteiger partial charge in [-0.25, -0.2) is 14.7 Å². The maximum Gasteiger partial charge on any atom is 0.433 e. The number of benzene rings is 1. The van der Waals surface area contributed by atoms with Crippen LogP contribution in [0.2, 0.25) is 10.0 Å². The van der Waals surface area contributed by atoms with Crippen LogP contribution in [0.4, 0.5) is 29.3 Å². The fraction of sp³-hybridized carbons (Fsp3) is 0.118. The average Bonchev–Trinajstić information content (AvgIpc) is 2.62. The molecule has 0 spiro atoms. The van der Waals surface area contributed by atoms with E-state index in [4.69, 9.17) is 27.9 Å². The molecule has 0 bridgehead atoms. The van der Waals surface area contributed by atoms with Gasteiger partial charge in [0.15, 0.2) is 0 Å². The number of aromatic nitrogens is 2. The van der Waals surface area contributed by atoms with Crippen LogP contribution in [-0.2, 0) is 6.18 Å². The van der Waals surface area contributed by atoms with Gasteiger partial charge < -0.3 is 15.1 Å². The Morgan fingerprint density at radius 1 is 1.21 bits per heavy atom. The Hall–Kier alpha value is -2.98. The van der Waals surface area contributed by atoms with E-state index in [9.17, 15) is 28.3 Å². The largest absolute Gasteiger partial charge is 0.619 e. The van der Waals surface area contributed by atoms with Crippen LogP contribution in [0.1, 0.15) is 5.69 Å². The van der Waals surface area contributed by atoms with E-state index in [1.54, 1.807) is 0 Å². The number of hydrogen-bond donors (Lipinski definition) is 1. The Morgan fingerprint density at radius 2 is 1.83 bits per heavy atom. The summed E-state index contributed by atoms with van der Waals surface area (Å²) in [6.45, 7) is 0. The molecule has 0 aliphatic heterocycles. The van der Waals surface area contributed by atoms with Gasteiger partial charge in [-0.15, -0.1) is 0 Å². The van der Waals surface area contributed by atoms with Crippen LogP contribution in [0.15, 0.2) is 36.7 Å². The topological polar surface area (TPSA) is 89.6 Å². The summed E-state index contributed by atoms with van der Waals surface area (Å²) in [5, 5.41) is 20.7. The second-order valence-electron chi connectivity index (χ2n) is 5.66. The van der Waals surface area contributed by atoms with Crippen molar-refractivity contribution in [3.63, 3.8) is 0 Å². The third kappa shape index (κ3) is 3.81. The van der Waals surface area contributed by atoms with Crippen molar-refractivity contribution in [2.75, 3.05) is 12.0 Å². The molecule has 3 aromatic rings. The first-order valence-corrected chi connectivity index (χ1v) is 8.46. The molecule has 7 nitrogen and oxygen atoms in total. The van der Waals surface area contributed by atoms with Crippen molar-refractivity contribution in [3.05, 3.63) is 57.6 Å². The molecular weight excluding hydrogens is 438 g/mol. The van der Waals surface area contributed by atoms with Crippen molar-refractivity contribution in [2.45, 2.75) is 6.18 Å². The molecule has 2 heterocycles. The van der Waals surface area contributed by atoms with Gasteiger partial charge >= 0.3 is 12.3 Å². The van der Waals surface area contributed by atoms with Gasteiger partial charge in [-0.1, -0.05) is 23.2 Å². The standard InChI is InChI=1S/C17H10Cl2F3N3O4/c1-29-12-4-3-11(8-2-5-13(17(20,21)22)23-14(8)12)25(16(26)27)15-9(18)6-24(28)7-10(15)19/h2-7H,1H3,(H,26,27). The molecule has 0 radical (unpaired) electrons. The first-order valence-electron chi connectivity index (χ1n) is 7.70. The number of ether oxygens (including phenoxy) is 1. The maximum atomic E-state index is 13.1. The van der Waals surface area contributed by atoms with E-state index in [1.807, 2.05) is 0 Å². The summed E-state index contributed by atoms with van der Waals surface area (Å²) in [5.74, 6) is 0.00263. The molecule has 0 unspecified atom stereocenters. The summed E-state index contributed by atoms with van der Waals surface area (Å²) in [6, 6.07) is 4.34. The molecule has 3 rings (SSSR count). The molecule has 152 valence electrons. The van der Waals surface area contributed by atoms with Crippen LogP contribution in [0.5, 0.6) is 5.75 Å². The fourth-order valence-electron chi connectivity index (χ4n) is 2.72. The summed E-state index contributed by atoms with van der Waals surface area (Å²) < 4.78 is 44.6. The van der Waals surface area contributed by atoms with E-state index < -0.39 is 18.0 Å². The zero-order valence-corrected chi connectivity index (χ0v) is 15.9. The first kappa shape index (κ1) is 20.7. The van der Waals surface area contributed by atoms with E-state index >= 15 is 0 Å². The first-order chi connectivity index (χ1) is 13.5. The van der Waals surface area contributed by atoms with Crippen molar-refractivity contribution in [3.8, 4) is 5.75 Å². The number of methoxy groups -OCH3 is 1. The highest BCUT2D eigenvalue weighted by Crippen LogP contribution is 2.42. The van der Waals surface area contributed by atoms with Gasteiger partial charge in [-0.05, 0) is 24.3 Å². The van der Waals surface area contributed by atoms with E-state index in [2.05, 4.69) is 4.98 Å². The molecule has 0 aliphatic carbocycles. The number of nitrogens with zero attached hydrogens (tertiary/aromatic N) is 3. The smallest absolute Gasteiger partial charge is 0.433 e. The Bertz CT molecular complexity index is 1100. The Labute approximate surface area is 171 Å². The molecule has 0 fully saturated rings. The summed E-state index contributed by atoms with van der Waals surface area (Å²) in [7, 11) is 1.24. The lowest BCUT2D eigenvalue weighted by atomic mass is 10.1. The summed E-state index contributed by atoms with van der Waals surface area (Å²) in [4.78, 5) is 16.2. The number of carbonyl (C=O) groups is 1. The van der Waals surface area contributed by atoms with Crippen LogP contribution in [-0.4, -0.2) is 23.3 Å². The third-order valence-corrected chi connectivity index (χ3v) is 4.45. The Balaban J connectivity index is 2.34. The molecule has 1 amide bonds. The van der Waals surface area contributed by atoms with Gasteiger partial charge in [-0.2, -0.15) is 17.9 Å². The van der Waals surface area contributed by atoms with Gasteiger partial charge in [0.2, 0.25) is 12.4 Å². The van der Waals surface area contributed by atoms with Crippen LogP contribution < -0.4 is 14.4 Å². The third-order valence-electron chi connectivity index (χ3n) is 3.90. The zero-order valence-electron chi connectivity index (χ0n) is 14.4. The zero-order chi connectivity index (χ0) is 21.5. The molecule has 29 heavy (non-hydrogen) atoms. The van der Waals surface area contributed by atoms with Crippen LogP contribution in [0, 0.1) is 5.21 Å². The lowest BCUT2D eigenvalue weighted by Gasteiger charge is -2.23. The highest BCUT2D eigenvalue weighted by molar-refractivity contribution is 6.40. The SMILES string of the molecule is COc1ccc(N(C(=O)O)c2c(Cl)c[n+]([O-])cc2Cl)c2ccc(C(F)(F)F)nc12. The molecule has 1 N–H and O–H groups in total. The molecular formula is C17H10Cl2F3N3O4. The number of alkyl halides is 3. The van der Waals surface area contributed by atoms with Gasteiger partial charge in [0, 0.05) is 5.39 Å². The minimum atomic E-state index is -4.71. The van der Waals surface area contributed by atoms with Crippen LogP contribution in [0.25, 0.3) is 10.9 Å². The molecule has 0 saturated heterocycles. The number of fused-ring (bicyclic) bond motifs is 1. The Morgan fingerprint density at radius 3 is 2.34 bits per heavy atom. The number of anilines is 2. The summed E-state index contributed by atoms with van der Waals surface area (Å²) in [6.07, 6.45) is -4.46. The fourth-order valence-corrected chi connectivity index (χ4v) is 3.34.